The lowest BCUT2D eigenvalue weighted by atomic mass is 9.94. The van der Waals surface area contributed by atoms with Gasteiger partial charge in [-0.3, -0.25) is 4.79 Å². The molecule has 0 heterocycles. The van der Waals surface area contributed by atoms with Crippen molar-refractivity contribution >= 4 is 5.97 Å². The predicted molar refractivity (Wildman–Crippen MR) is 150 cm³/mol. The fourth-order valence-corrected chi connectivity index (χ4v) is 4.37. The number of esters is 1. The molecule has 0 fully saturated rings. The van der Waals surface area contributed by atoms with Crippen LogP contribution in [0.1, 0.15) is 90.2 Å². The maximum atomic E-state index is 12.0. The van der Waals surface area contributed by atoms with Crippen molar-refractivity contribution in [2.75, 3.05) is 6.61 Å². The van der Waals surface area contributed by atoms with Crippen molar-refractivity contribution in [3.63, 3.8) is 0 Å². The Bertz CT molecular complexity index is 1040. The van der Waals surface area contributed by atoms with Crippen LogP contribution in [0, 0.1) is 0 Å². The quantitative estimate of drug-likeness (QED) is 0.158. The van der Waals surface area contributed by atoms with Gasteiger partial charge in [-0.2, -0.15) is 0 Å². The summed E-state index contributed by atoms with van der Waals surface area (Å²) in [5.41, 5.74) is 5.68. The van der Waals surface area contributed by atoms with Crippen molar-refractivity contribution in [2.45, 2.75) is 84.7 Å². The number of rotatable bonds is 15. The molecule has 0 aliphatic heterocycles. The van der Waals surface area contributed by atoms with E-state index in [0.717, 1.165) is 42.7 Å². The van der Waals surface area contributed by atoms with Crippen LogP contribution < -0.4 is 4.74 Å². The van der Waals surface area contributed by atoms with E-state index in [1.165, 1.54) is 48.8 Å². The molecule has 0 aliphatic rings. The van der Waals surface area contributed by atoms with E-state index in [2.05, 4.69) is 86.6 Å². The molecule has 0 amide bonds. The third-order valence-electron chi connectivity index (χ3n) is 6.59. The Labute approximate surface area is 217 Å². The molecule has 36 heavy (non-hydrogen) atoms. The molecule has 0 aromatic heterocycles. The molecule has 192 valence electrons. The Kier molecular flexibility index (Phi) is 11.6. The summed E-state index contributed by atoms with van der Waals surface area (Å²) in [4.78, 5) is 12.0. The van der Waals surface area contributed by atoms with Crippen LogP contribution in [-0.4, -0.2) is 12.6 Å². The van der Waals surface area contributed by atoms with Gasteiger partial charge < -0.3 is 9.47 Å². The molecule has 3 rings (SSSR count). The first kappa shape index (κ1) is 27.5. The molecular weight excluding hydrogens is 444 g/mol. The molecular formula is C33H42O3. The highest BCUT2D eigenvalue weighted by atomic mass is 16.5. The molecule has 0 saturated carbocycles. The van der Waals surface area contributed by atoms with Gasteiger partial charge in [0.15, 0.2) is 0 Å². The summed E-state index contributed by atoms with van der Waals surface area (Å²) in [5, 5.41) is 0. The van der Waals surface area contributed by atoms with Gasteiger partial charge in [-0.1, -0.05) is 113 Å². The van der Waals surface area contributed by atoms with E-state index in [9.17, 15) is 4.79 Å². The van der Waals surface area contributed by atoms with Gasteiger partial charge in [-0.05, 0) is 59.7 Å². The van der Waals surface area contributed by atoms with Crippen molar-refractivity contribution in [2.24, 2.45) is 0 Å². The lowest BCUT2D eigenvalue weighted by Gasteiger charge is -2.15. The van der Waals surface area contributed by atoms with E-state index >= 15 is 0 Å². The molecule has 3 aromatic carbocycles. The minimum absolute atomic E-state index is 0.127. The normalized spacial score (nSPS) is 11.8. The van der Waals surface area contributed by atoms with Gasteiger partial charge in [0.2, 0.25) is 0 Å². The number of ether oxygens (including phenoxy) is 2. The maximum absolute atomic E-state index is 12.0. The van der Waals surface area contributed by atoms with Gasteiger partial charge in [-0.25, -0.2) is 0 Å². The van der Waals surface area contributed by atoms with Crippen molar-refractivity contribution in [3.8, 4) is 28.0 Å². The van der Waals surface area contributed by atoms with Crippen LogP contribution in [0.4, 0.5) is 0 Å². The van der Waals surface area contributed by atoms with E-state index in [-0.39, 0.29) is 12.1 Å². The van der Waals surface area contributed by atoms with Crippen LogP contribution in [0.15, 0.2) is 72.8 Å². The maximum Gasteiger partial charge on any atom is 0.306 e. The van der Waals surface area contributed by atoms with Gasteiger partial charge in [0.25, 0.3) is 0 Å². The minimum Gasteiger partial charge on any atom is -0.494 e. The summed E-state index contributed by atoms with van der Waals surface area (Å²) in [6.45, 7) is 7.04. The van der Waals surface area contributed by atoms with Crippen molar-refractivity contribution in [1.29, 1.82) is 0 Å². The number of hydrogen-bond acceptors (Lipinski definition) is 3. The second kappa shape index (κ2) is 15.1. The van der Waals surface area contributed by atoms with E-state index in [4.69, 9.17) is 9.47 Å². The number of benzene rings is 3. The zero-order valence-electron chi connectivity index (χ0n) is 22.3. The fraction of sp³-hybridized carbons (Fsp3) is 0.424. The van der Waals surface area contributed by atoms with Crippen LogP contribution in [0.2, 0.25) is 0 Å². The fourth-order valence-electron chi connectivity index (χ4n) is 4.37. The molecule has 0 radical (unpaired) electrons. The summed E-state index contributed by atoms with van der Waals surface area (Å²) < 4.78 is 11.6. The second-order valence-corrected chi connectivity index (χ2v) is 9.54. The number of hydrogen-bond donors (Lipinski definition) is 0. The first-order chi connectivity index (χ1) is 17.6. The average Bonchev–Trinajstić information content (AvgIpc) is 2.92. The Hall–Kier alpha value is -3.07. The molecule has 3 aromatic rings. The first-order valence-corrected chi connectivity index (χ1v) is 13.7. The third-order valence-corrected chi connectivity index (χ3v) is 6.59. The third kappa shape index (κ3) is 8.55. The highest BCUT2D eigenvalue weighted by Gasteiger charge is 2.13. The van der Waals surface area contributed by atoms with Gasteiger partial charge in [-0.15, -0.1) is 0 Å². The zero-order chi connectivity index (χ0) is 25.6. The van der Waals surface area contributed by atoms with E-state index in [1.54, 1.807) is 0 Å². The summed E-state index contributed by atoms with van der Waals surface area (Å²) in [6.07, 6.45) is 9.70. The van der Waals surface area contributed by atoms with Gasteiger partial charge in [0.1, 0.15) is 11.9 Å². The van der Waals surface area contributed by atoms with Crippen LogP contribution in [0.25, 0.3) is 22.3 Å². The Morgan fingerprint density at radius 3 is 1.86 bits per heavy atom. The molecule has 0 saturated heterocycles. The first-order valence-electron chi connectivity index (χ1n) is 13.7. The number of unbranched alkanes of at least 4 members (excludes halogenated alkanes) is 6. The Morgan fingerprint density at radius 2 is 1.25 bits per heavy atom. The van der Waals surface area contributed by atoms with Crippen molar-refractivity contribution in [1.82, 2.24) is 0 Å². The highest BCUT2D eigenvalue weighted by molar-refractivity contribution is 5.83. The number of carbonyl (C=O) groups is 1. The van der Waals surface area contributed by atoms with E-state index < -0.39 is 0 Å². The topological polar surface area (TPSA) is 35.5 Å². The molecule has 0 aliphatic carbocycles. The van der Waals surface area contributed by atoms with Gasteiger partial charge in [0, 0.05) is 6.42 Å². The minimum atomic E-state index is -0.248. The SMILES string of the molecule is CCCCCCCCOc1ccc(-c2ccccc2-c2ccc(C(C)OC(=O)CCCC)cc2)cc1. The largest absolute Gasteiger partial charge is 0.494 e. The van der Waals surface area contributed by atoms with E-state index in [1.807, 2.05) is 6.92 Å². The molecule has 0 spiro atoms. The van der Waals surface area contributed by atoms with Gasteiger partial charge in [0.05, 0.1) is 6.61 Å². The van der Waals surface area contributed by atoms with Crippen molar-refractivity contribution in [3.05, 3.63) is 78.4 Å². The molecule has 3 heteroatoms. The molecule has 0 bridgehead atoms. The summed E-state index contributed by atoms with van der Waals surface area (Å²) in [6, 6.07) is 25.2. The standard InChI is InChI=1S/C33H42O3/c1-4-6-8-9-10-13-25-35-30-23-21-29(22-24-30)32-15-12-11-14-31(32)28-19-17-27(18-20-28)26(3)36-33(34)16-7-5-2/h11-12,14-15,17-24,26H,4-10,13,16,25H2,1-3H3. The van der Waals surface area contributed by atoms with Crippen molar-refractivity contribution < 1.29 is 14.3 Å². The van der Waals surface area contributed by atoms with E-state index in [0.29, 0.717) is 6.42 Å². The predicted octanol–water partition coefficient (Wildman–Crippen LogP) is 9.55. The van der Waals surface area contributed by atoms with Crippen LogP contribution in [0.5, 0.6) is 5.75 Å². The van der Waals surface area contributed by atoms with Crippen LogP contribution in [0.3, 0.4) is 0 Å². The molecule has 3 nitrogen and oxygen atoms in total. The monoisotopic (exact) mass is 486 g/mol. The molecule has 0 N–H and O–H groups in total. The lowest BCUT2D eigenvalue weighted by molar-refractivity contribution is -0.148. The average molecular weight is 487 g/mol. The van der Waals surface area contributed by atoms with Crippen LogP contribution in [-0.2, 0) is 9.53 Å². The summed E-state index contributed by atoms with van der Waals surface area (Å²) in [7, 11) is 0. The lowest BCUT2D eigenvalue weighted by Crippen LogP contribution is -2.08. The molecule has 1 atom stereocenters. The molecule has 1 unspecified atom stereocenters. The smallest absolute Gasteiger partial charge is 0.306 e. The summed E-state index contributed by atoms with van der Waals surface area (Å²) in [5.74, 6) is 0.801. The second-order valence-electron chi connectivity index (χ2n) is 9.54. The zero-order valence-corrected chi connectivity index (χ0v) is 22.3. The van der Waals surface area contributed by atoms with Crippen LogP contribution >= 0.6 is 0 Å². The Balaban J connectivity index is 1.62. The number of carbonyl (C=O) groups excluding carboxylic acids is 1. The highest BCUT2D eigenvalue weighted by Crippen LogP contribution is 2.33. The summed E-state index contributed by atoms with van der Waals surface area (Å²) >= 11 is 0. The Morgan fingerprint density at radius 1 is 0.694 bits per heavy atom. The van der Waals surface area contributed by atoms with Gasteiger partial charge >= 0.3 is 5.97 Å².